The number of carbonyl (C=O) groups excluding carboxylic acids is 6. The average Bonchev–Trinajstić information content (AvgIpc) is 4.13. The number of nitrogens with one attached hydrogen (secondary N) is 5. The van der Waals surface area contributed by atoms with Gasteiger partial charge in [-0.1, -0.05) is 84.9 Å². The number of H-pyrrole nitrogens is 1. The molecule has 0 saturated carbocycles. The molecule has 8 rings (SSSR count). The summed E-state index contributed by atoms with van der Waals surface area (Å²) in [6.07, 6.45) is 1.65. The number of hydrogen-bond donors (Lipinski definition) is 5. The fourth-order valence-corrected chi connectivity index (χ4v) is 10.0. The van der Waals surface area contributed by atoms with Crippen LogP contribution >= 0.6 is 0 Å². The number of likely N-dealkylation sites (tertiary alicyclic amines) is 2. The van der Waals surface area contributed by atoms with Gasteiger partial charge in [0.05, 0.1) is 25.4 Å². The highest BCUT2D eigenvalue weighted by Gasteiger charge is 2.48. The van der Waals surface area contributed by atoms with Gasteiger partial charge in [0.2, 0.25) is 0 Å². The fraction of sp³-hybridized carbons (Fsp3) is 0.345. The van der Waals surface area contributed by atoms with Crippen LogP contribution in [0.2, 0.25) is 0 Å². The zero-order valence-electron chi connectivity index (χ0n) is 43.0. The van der Waals surface area contributed by atoms with E-state index in [0.717, 1.165) is 45.3 Å². The number of fused-ring (bicyclic) bond motifs is 1. The number of rotatable bonds is 15. The number of methoxy groups -OCH3 is 1. The van der Waals surface area contributed by atoms with Crippen molar-refractivity contribution in [1.29, 1.82) is 0 Å². The Morgan fingerprint density at radius 3 is 1.95 bits per heavy atom. The van der Waals surface area contributed by atoms with Gasteiger partial charge in [-0.2, -0.15) is 0 Å². The summed E-state index contributed by atoms with van der Waals surface area (Å²) in [6.45, 7) is 11.5. The Bertz CT molecular complexity index is 2980. The lowest BCUT2D eigenvalue weighted by molar-refractivity contribution is -0.850. The molecule has 2 aliphatic rings. The van der Waals surface area contributed by atoms with Crippen molar-refractivity contribution in [1.82, 2.24) is 20.5 Å². The molecule has 74 heavy (non-hydrogen) atoms. The summed E-state index contributed by atoms with van der Waals surface area (Å²) >= 11 is 0. The third-order valence-electron chi connectivity index (χ3n) is 13.4. The van der Waals surface area contributed by atoms with Crippen molar-refractivity contribution >= 4 is 58.6 Å². The molecular weight excluding hydrogens is 939 g/mol. The van der Waals surface area contributed by atoms with Crippen LogP contribution in [0.3, 0.4) is 0 Å². The number of Topliss-reactive ketones (excluding diaryl/α,β-unsaturated/α-hetero) is 1. The Kier molecular flexibility index (Phi) is 15.6. The number of quaternary nitrogens is 1. The van der Waals surface area contributed by atoms with Crippen molar-refractivity contribution in [3.8, 4) is 28.1 Å². The first kappa shape index (κ1) is 52.3. The van der Waals surface area contributed by atoms with Gasteiger partial charge < -0.3 is 45.4 Å². The van der Waals surface area contributed by atoms with Gasteiger partial charge in [-0.25, -0.2) is 19.2 Å². The summed E-state index contributed by atoms with van der Waals surface area (Å²) in [5, 5.41) is 12.7. The van der Waals surface area contributed by atoms with E-state index < -0.39 is 53.6 Å². The maximum atomic E-state index is 14.3. The van der Waals surface area contributed by atoms with Crippen molar-refractivity contribution < 1.29 is 47.5 Å². The van der Waals surface area contributed by atoms with Gasteiger partial charge in [0.15, 0.2) is 11.8 Å². The lowest BCUT2D eigenvalue weighted by atomic mass is 9.96. The number of hydrogen-bond acceptors (Lipinski definition) is 9. The number of carbonyl (C=O) groups is 6. The van der Waals surface area contributed by atoms with Crippen molar-refractivity contribution in [3.63, 3.8) is 0 Å². The predicted octanol–water partition coefficient (Wildman–Crippen LogP) is 10.7. The van der Waals surface area contributed by atoms with E-state index in [2.05, 4.69) is 26.3 Å². The Morgan fingerprint density at radius 1 is 0.716 bits per heavy atom. The number of amides is 6. The first-order chi connectivity index (χ1) is 35.3. The van der Waals surface area contributed by atoms with Gasteiger partial charge in [-0.05, 0) is 119 Å². The third-order valence-corrected chi connectivity index (χ3v) is 13.4. The minimum atomic E-state index is -1.04. The van der Waals surface area contributed by atoms with Crippen LogP contribution in [-0.2, 0) is 23.9 Å². The highest BCUT2D eigenvalue weighted by atomic mass is 16.6. The summed E-state index contributed by atoms with van der Waals surface area (Å²) in [6, 6.07) is 35.5. The number of ketones is 1. The summed E-state index contributed by atoms with van der Waals surface area (Å²) < 4.78 is 16.4. The highest BCUT2D eigenvalue weighted by molar-refractivity contribution is 6.07. The third kappa shape index (κ3) is 12.3. The van der Waals surface area contributed by atoms with E-state index in [1.807, 2.05) is 97.1 Å². The minimum absolute atomic E-state index is 0.159. The summed E-state index contributed by atoms with van der Waals surface area (Å²) in [5.74, 6) is 0.0629. The lowest BCUT2D eigenvalue weighted by Gasteiger charge is -2.36. The van der Waals surface area contributed by atoms with E-state index in [9.17, 15) is 28.8 Å². The monoisotopic (exact) mass is 1000 g/mol. The number of aromatic nitrogens is 1. The van der Waals surface area contributed by atoms with E-state index in [0.29, 0.717) is 61.5 Å². The Labute approximate surface area is 431 Å². The molecule has 2 aliphatic heterocycles. The molecular formula is C58H66N7O9+. The quantitative estimate of drug-likeness (QED) is 0.0491. The topological polar surface area (TPSA) is 197 Å². The molecule has 5 unspecified atom stereocenters. The molecule has 0 spiro atoms. The van der Waals surface area contributed by atoms with E-state index in [-0.39, 0.29) is 22.7 Å². The second-order valence-electron chi connectivity index (χ2n) is 21.0. The molecule has 386 valence electrons. The SMILES string of the molecule is COc1ccc(-c2c(-c3ccc(NC(=O)C4CCC[N+]4(C=O)CC(NC(=O)OC(C)(C)C)c4ccccc4)cc3)[nH]c3ccc(NC(=O)N4CCCC4C(=O)C(NC(=O)OC(C)(C)C)c4ccccc4)cc23)cc1. The van der Waals surface area contributed by atoms with E-state index in [1.165, 1.54) is 4.90 Å². The number of aromatic amines is 1. The van der Waals surface area contributed by atoms with Gasteiger partial charge >= 0.3 is 24.6 Å². The molecule has 0 radical (unpaired) electrons. The van der Waals surface area contributed by atoms with Crippen molar-refractivity contribution in [2.75, 3.05) is 37.4 Å². The van der Waals surface area contributed by atoms with Crippen LogP contribution in [0.1, 0.15) is 90.4 Å². The molecule has 5 aromatic carbocycles. The molecule has 1 aromatic heterocycles. The summed E-state index contributed by atoms with van der Waals surface area (Å²) in [4.78, 5) is 87.0. The number of nitrogens with zero attached hydrogens (tertiary/aromatic N) is 2. The molecule has 0 bridgehead atoms. The van der Waals surface area contributed by atoms with Gasteiger partial charge in [0.25, 0.3) is 5.91 Å². The molecule has 6 amide bonds. The van der Waals surface area contributed by atoms with Crippen LogP contribution in [0.5, 0.6) is 5.75 Å². The lowest BCUT2D eigenvalue weighted by Crippen LogP contribution is -2.58. The van der Waals surface area contributed by atoms with Crippen LogP contribution in [0.4, 0.5) is 25.8 Å². The smallest absolute Gasteiger partial charge is 0.408 e. The molecule has 2 saturated heterocycles. The second-order valence-corrected chi connectivity index (χ2v) is 21.0. The number of ether oxygens (including phenoxy) is 3. The predicted molar refractivity (Wildman–Crippen MR) is 284 cm³/mol. The van der Waals surface area contributed by atoms with E-state index in [4.69, 9.17) is 14.2 Å². The van der Waals surface area contributed by atoms with Gasteiger partial charge in [0.1, 0.15) is 35.6 Å². The molecule has 2 fully saturated rings. The van der Waals surface area contributed by atoms with Crippen LogP contribution < -0.4 is 26.0 Å². The maximum absolute atomic E-state index is 14.3. The van der Waals surface area contributed by atoms with Gasteiger partial charge in [-0.3, -0.25) is 14.1 Å². The van der Waals surface area contributed by atoms with Crippen LogP contribution in [0.15, 0.2) is 127 Å². The Balaban J connectivity index is 1.02. The standard InChI is InChI=1S/C58H65N7O9/c1-57(2,3)73-55(70)62-46(37-16-10-8-11-17-37)35-65(36-66)33-15-21-48(65)53(68)59-41-26-22-40(23-27-41)50-49(38-24-29-43(72-7)30-25-38)44-34-42(28-31-45(44)61-50)60-54(69)64-32-14-20-47(64)52(67)51(39-18-12-9-13-19-39)63-56(71)74-58(4,5)6/h8-13,16-19,22-31,34,36,46-48,51,61H,14-15,20-21,32-33,35H2,1-7H3,(H3-,59,60,62,63,68,69,70,71)/p+1. The van der Waals surface area contributed by atoms with Crippen molar-refractivity contribution in [2.24, 2.45) is 0 Å². The summed E-state index contributed by atoms with van der Waals surface area (Å²) in [7, 11) is 1.61. The molecule has 5 atom stereocenters. The average molecular weight is 1010 g/mol. The molecule has 16 nitrogen and oxygen atoms in total. The summed E-state index contributed by atoms with van der Waals surface area (Å²) in [5.41, 5.74) is 5.06. The van der Waals surface area contributed by atoms with E-state index in [1.54, 1.807) is 79.0 Å². The van der Waals surface area contributed by atoms with Crippen LogP contribution in [-0.4, -0.2) is 101 Å². The number of urea groups is 1. The molecule has 16 heteroatoms. The highest BCUT2D eigenvalue weighted by Crippen LogP contribution is 2.41. The molecule has 0 aliphatic carbocycles. The molecule has 6 aromatic rings. The van der Waals surface area contributed by atoms with Crippen molar-refractivity contribution in [2.45, 2.75) is 103 Å². The Hall–Kier alpha value is -7.98. The maximum Gasteiger partial charge on any atom is 0.408 e. The number of alkyl carbamates (subject to hydrolysis) is 2. The van der Waals surface area contributed by atoms with Gasteiger partial charge in [0, 0.05) is 47.2 Å². The number of anilines is 2. The first-order valence-electron chi connectivity index (χ1n) is 25.1. The molecule has 3 heterocycles. The zero-order chi connectivity index (χ0) is 52.8. The number of benzene rings is 5. The van der Waals surface area contributed by atoms with E-state index >= 15 is 0 Å². The van der Waals surface area contributed by atoms with Crippen LogP contribution in [0.25, 0.3) is 33.3 Å². The van der Waals surface area contributed by atoms with Crippen LogP contribution in [0, 0.1) is 0 Å². The fourth-order valence-electron chi connectivity index (χ4n) is 10.0. The Morgan fingerprint density at radius 2 is 1.32 bits per heavy atom. The molecule has 5 N–H and O–H groups in total. The van der Waals surface area contributed by atoms with Crippen molar-refractivity contribution in [3.05, 3.63) is 139 Å². The largest absolute Gasteiger partial charge is 0.497 e. The second kappa shape index (κ2) is 22.0. The zero-order valence-corrected chi connectivity index (χ0v) is 43.0. The minimum Gasteiger partial charge on any atom is -0.497 e. The first-order valence-corrected chi connectivity index (χ1v) is 25.1. The normalized spacial score (nSPS) is 18.4. The van der Waals surface area contributed by atoms with Gasteiger partial charge in [-0.15, -0.1) is 0 Å².